The maximum Gasteiger partial charge on any atom is 0.338 e. The minimum absolute atomic E-state index is 0.0902. The molecule has 0 aliphatic rings. The number of carbonyl (C=O) groups is 2. The minimum Gasteiger partial charge on any atom is -0.459 e. The van der Waals surface area contributed by atoms with Gasteiger partial charge >= 0.3 is 11.9 Å². The van der Waals surface area contributed by atoms with Crippen molar-refractivity contribution in [1.29, 1.82) is 0 Å². The lowest BCUT2D eigenvalue weighted by atomic mass is 10.1. The number of hydrogen-bond acceptors (Lipinski definition) is 5. The minimum atomic E-state index is -1.26. The van der Waals surface area contributed by atoms with Crippen molar-refractivity contribution in [2.75, 3.05) is 13.2 Å². The molecule has 108 valence electrons. The van der Waals surface area contributed by atoms with Crippen LogP contribution in [0.25, 0.3) is 0 Å². The fraction of sp³-hybridized carbons (Fsp3) is 0.571. The fourth-order valence-electron chi connectivity index (χ4n) is 1.34. The van der Waals surface area contributed by atoms with Crippen LogP contribution in [0.1, 0.15) is 27.7 Å². The lowest BCUT2D eigenvalue weighted by Gasteiger charge is -2.32. The van der Waals surface area contributed by atoms with Crippen molar-refractivity contribution < 1.29 is 23.8 Å². The summed E-state index contributed by atoms with van der Waals surface area (Å²) in [5.74, 6) is -1.14. The maximum absolute atomic E-state index is 11.8. The third-order valence-corrected chi connectivity index (χ3v) is 2.16. The van der Waals surface area contributed by atoms with Crippen molar-refractivity contribution >= 4 is 11.9 Å². The van der Waals surface area contributed by atoms with Gasteiger partial charge in [-0.05, 0) is 27.7 Å². The molecular weight excluding hydrogens is 248 g/mol. The molecule has 0 fully saturated rings. The predicted octanol–water partition coefficient (Wildman–Crippen LogP) is 2.02. The van der Waals surface area contributed by atoms with Crippen LogP contribution in [-0.4, -0.2) is 36.4 Å². The van der Waals surface area contributed by atoms with Gasteiger partial charge in [0.2, 0.25) is 0 Å². The summed E-state index contributed by atoms with van der Waals surface area (Å²) in [6.45, 7) is 13.2. The van der Waals surface area contributed by atoms with E-state index in [1.54, 1.807) is 0 Å². The Morgan fingerprint density at radius 3 is 1.47 bits per heavy atom. The first-order valence-corrected chi connectivity index (χ1v) is 5.94. The molecule has 0 rings (SSSR count). The van der Waals surface area contributed by atoms with Crippen LogP contribution < -0.4 is 0 Å². The highest BCUT2D eigenvalue weighted by atomic mass is 16.6. The van der Waals surface area contributed by atoms with Crippen molar-refractivity contribution in [3.05, 3.63) is 25.3 Å². The molecule has 5 heteroatoms. The van der Waals surface area contributed by atoms with Gasteiger partial charge in [0.25, 0.3) is 0 Å². The third-order valence-electron chi connectivity index (χ3n) is 2.16. The zero-order chi connectivity index (χ0) is 15.1. The van der Waals surface area contributed by atoms with Crippen molar-refractivity contribution in [2.45, 2.75) is 38.9 Å². The molecule has 0 atom stereocenters. The van der Waals surface area contributed by atoms with Gasteiger partial charge in [0.1, 0.15) is 13.2 Å². The first-order valence-electron chi connectivity index (χ1n) is 5.94. The van der Waals surface area contributed by atoms with E-state index in [1.807, 2.05) is 0 Å². The summed E-state index contributed by atoms with van der Waals surface area (Å²) in [5, 5.41) is 0. The Hall–Kier alpha value is -1.62. The van der Waals surface area contributed by atoms with E-state index in [4.69, 9.17) is 14.2 Å². The van der Waals surface area contributed by atoms with Crippen LogP contribution in [0, 0.1) is 0 Å². The highest BCUT2D eigenvalue weighted by Gasteiger charge is 2.41. The molecule has 19 heavy (non-hydrogen) atoms. The Labute approximate surface area is 114 Å². The SMILES string of the molecule is C=CCOC(=O)C(C)(C)OC(C)(C)C(=O)OCC=C. The van der Waals surface area contributed by atoms with Crippen molar-refractivity contribution in [3.63, 3.8) is 0 Å². The number of hydrogen-bond donors (Lipinski definition) is 0. The molecule has 0 unspecified atom stereocenters. The molecule has 0 aliphatic heterocycles. The van der Waals surface area contributed by atoms with E-state index in [-0.39, 0.29) is 13.2 Å². The van der Waals surface area contributed by atoms with Crippen LogP contribution in [-0.2, 0) is 23.8 Å². The van der Waals surface area contributed by atoms with Crippen LogP contribution in [0.2, 0.25) is 0 Å². The first kappa shape index (κ1) is 17.4. The Balaban J connectivity index is 4.68. The lowest BCUT2D eigenvalue weighted by molar-refractivity contribution is -0.198. The molecule has 0 aliphatic carbocycles. The molecule has 0 bridgehead atoms. The second-order valence-corrected chi connectivity index (χ2v) is 4.90. The number of rotatable bonds is 8. The molecule has 0 saturated heterocycles. The molecule has 0 saturated carbocycles. The van der Waals surface area contributed by atoms with Gasteiger partial charge in [-0.25, -0.2) is 9.59 Å². The largest absolute Gasteiger partial charge is 0.459 e. The van der Waals surface area contributed by atoms with E-state index in [9.17, 15) is 9.59 Å². The smallest absolute Gasteiger partial charge is 0.338 e. The quantitative estimate of drug-likeness (QED) is 0.499. The van der Waals surface area contributed by atoms with E-state index in [0.29, 0.717) is 0 Å². The summed E-state index contributed by atoms with van der Waals surface area (Å²) in [7, 11) is 0. The number of esters is 2. The van der Waals surface area contributed by atoms with Crippen LogP contribution in [0.15, 0.2) is 25.3 Å². The Morgan fingerprint density at radius 1 is 0.895 bits per heavy atom. The van der Waals surface area contributed by atoms with Gasteiger partial charge in [0.15, 0.2) is 11.2 Å². The second-order valence-electron chi connectivity index (χ2n) is 4.90. The molecule has 0 heterocycles. The first-order chi connectivity index (χ1) is 8.67. The van der Waals surface area contributed by atoms with E-state index in [1.165, 1.54) is 39.8 Å². The van der Waals surface area contributed by atoms with Crippen molar-refractivity contribution in [2.24, 2.45) is 0 Å². The molecule has 0 aromatic heterocycles. The van der Waals surface area contributed by atoms with Crippen molar-refractivity contribution in [3.8, 4) is 0 Å². The van der Waals surface area contributed by atoms with Crippen LogP contribution in [0.4, 0.5) is 0 Å². The summed E-state index contributed by atoms with van der Waals surface area (Å²) in [4.78, 5) is 23.5. The van der Waals surface area contributed by atoms with Gasteiger partial charge in [0.05, 0.1) is 0 Å². The summed E-state index contributed by atoms with van der Waals surface area (Å²) in [6, 6.07) is 0. The van der Waals surface area contributed by atoms with E-state index < -0.39 is 23.1 Å². The molecule has 0 aromatic carbocycles. The lowest BCUT2D eigenvalue weighted by Crippen LogP contribution is -2.48. The normalized spacial score (nSPS) is 11.6. The number of carbonyl (C=O) groups excluding carboxylic acids is 2. The van der Waals surface area contributed by atoms with Gasteiger partial charge in [-0.3, -0.25) is 0 Å². The van der Waals surface area contributed by atoms with Crippen LogP contribution in [0.5, 0.6) is 0 Å². The Morgan fingerprint density at radius 2 is 1.21 bits per heavy atom. The van der Waals surface area contributed by atoms with Crippen LogP contribution in [0.3, 0.4) is 0 Å². The average Bonchev–Trinajstić information content (AvgIpc) is 2.31. The summed E-state index contributed by atoms with van der Waals surface area (Å²) >= 11 is 0. The van der Waals surface area contributed by atoms with Gasteiger partial charge in [-0.15, -0.1) is 0 Å². The van der Waals surface area contributed by atoms with E-state index >= 15 is 0 Å². The van der Waals surface area contributed by atoms with E-state index in [0.717, 1.165) is 0 Å². The summed E-state index contributed by atoms with van der Waals surface area (Å²) in [5.41, 5.74) is -2.53. The predicted molar refractivity (Wildman–Crippen MR) is 71.6 cm³/mol. The number of ether oxygens (including phenoxy) is 3. The second kappa shape index (κ2) is 7.09. The zero-order valence-electron chi connectivity index (χ0n) is 12.0. The van der Waals surface area contributed by atoms with Gasteiger partial charge in [-0.2, -0.15) is 0 Å². The third kappa shape index (κ3) is 5.70. The molecule has 0 spiro atoms. The molecule has 0 amide bonds. The molecule has 5 nitrogen and oxygen atoms in total. The average molecular weight is 270 g/mol. The van der Waals surface area contributed by atoms with Gasteiger partial charge < -0.3 is 14.2 Å². The molecule has 0 N–H and O–H groups in total. The van der Waals surface area contributed by atoms with E-state index in [2.05, 4.69) is 13.2 Å². The Bertz CT molecular complexity index is 321. The van der Waals surface area contributed by atoms with Gasteiger partial charge in [-0.1, -0.05) is 25.3 Å². The Kier molecular flexibility index (Phi) is 6.48. The molecular formula is C14H22O5. The fourth-order valence-corrected chi connectivity index (χ4v) is 1.34. The standard InChI is InChI=1S/C14H22O5/c1-7-9-17-11(15)13(3,4)19-14(5,6)12(16)18-10-8-2/h7-8H,1-2,9-10H2,3-6H3. The topological polar surface area (TPSA) is 61.8 Å². The zero-order valence-corrected chi connectivity index (χ0v) is 12.0. The maximum atomic E-state index is 11.8. The summed E-state index contributed by atoms with van der Waals surface area (Å²) in [6.07, 6.45) is 2.91. The van der Waals surface area contributed by atoms with Crippen LogP contribution >= 0.6 is 0 Å². The highest BCUT2D eigenvalue weighted by molar-refractivity contribution is 5.82. The molecule has 0 radical (unpaired) electrons. The molecule has 0 aromatic rings. The highest BCUT2D eigenvalue weighted by Crippen LogP contribution is 2.23. The van der Waals surface area contributed by atoms with Gasteiger partial charge in [0, 0.05) is 0 Å². The monoisotopic (exact) mass is 270 g/mol. The summed E-state index contributed by atoms with van der Waals surface area (Å²) < 4.78 is 15.4. The van der Waals surface area contributed by atoms with Crippen molar-refractivity contribution in [1.82, 2.24) is 0 Å².